The summed E-state index contributed by atoms with van der Waals surface area (Å²) in [4.78, 5) is 27.2. The molecule has 148 valence electrons. The van der Waals surface area contributed by atoms with Gasteiger partial charge in [0.15, 0.2) is 0 Å². The van der Waals surface area contributed by atoms with Gasteiger partial charge in [0.05, 0.1) is 24.3 Å². The lowest BCUT2D eigenvalue weighted by molar-refractivity contribution is -0.124. The molecule has 0 saturated carbocycles. The molecule has 3 rings (SSSR count). The third-order valence-corrected chi connectivity index (χ3v) is 4.79. The molecule has 0 aliphatic carbocycles. The van der Waals surface area contributed by atoms with Crippen LogP contribution >= 0.6 is 0 Å². The highest BCUT2D eigenvalue weighted by molar-refractivity contribution is 6.11. The number of carbonyl (C=O) groups excluding carboxylic acids is 2. The van der Waals surface area contributed by atoms with Crippen LogP contribution in [0, 0.1) is 0 Å². The first-order valence-electron chi connectivity index (χ1n) is 9.49. The number of fused-ring (bicyclic) bond motifs is 1. The second kappa shape index (κ2) is 7.92. The number of amides is 2. The van der Waals surface area contributed by atoms with Crippen LogP contribution in [0.15, 0.2) is 42.5 Å². The molecule has 2 amide bonds. The van der Waals surface area contributed by atoms with Crippen molar-refractivity contribution in [2.24, 2.45) is 0 Å². The Morgan fingerprint density at radius 3 is 2.50 bits per heavy atom. The summed E-state index contributed by atoms with van der Waals surface area (Å²) in [5, 5.41) is 2.86. The van der Waals surface area contributed by atoms with E-state index in [1.807, 2.05) is 52.0 Å². The number of nitrogens with one attached hydrogen (secondary N) is 1. The monoisotopic (exact) mass is 382 g/mol. The second-order valence-electron chi connectivity index (χ2n) is 7.11. The zero-order valence-corrected chi connectivity index (χ0v) is 16.7. The first-order chi connectivity index (χ1) is 13.4. The molecule has 6 nitrogen and oxygen atoms in total. The van der Waals surface area contributed by atoms with E-state index in [2.05, 4.69) is 5.32 Å². The van der Waals surface area contributed by atoms with Gasteiger partial charge >= 0.3 is 0 Å². The Morgan fingerprint density at radius 2 is 1.79 bits per heavy atom. The van der Waals surface area contributed by atoms with Gasteiger partial charge in [0, 0.05) is 11.8 Å². The smallest absolute Gasteiger partial charge is 0.244 e. The molecule has 6 heteroatoms. The molecule has 28 heavy (non-hydrogen) atoms. The number of para-hydroxylation sites is 1. The fourth-order valence-corrected chi connectivity index (χ4v) is 3.43. The second-order valence-corrected chi connectivity index (χ2v) is 7.11. The van der Waals surface area contributed by atoms with Gasteiger partial charge in [0.25, 0.3) is 0 Å². The normalized spacial score (nSPS) is 14.6. The molecular weight excluding hydrogens is 356 g/mol. The van der Waals surface area contributed by atoms with E-state index >= 15 is 0 Å². The molecule has 2 aromatic carbocycles. The van der Waals surface area contributed by atoms with Crippen LogP contribution in [-0.2, 0) is 15.0 Å². The molecule has 0 radical (unpaired) electrons. The van der Waals surface area contributed by atoms with Crippen molar-refractivity contribution in [1.82, 2.24) is 0 Å². The summed E-state index contributed by atoms with van der Waals surface area (Å²) in [6.07, 6.45) is 0. The van der Waals surface area contributed by atoms with E-state index in [4.69, 9.17) is 9.47 Å². The summed E-state index contributed by atoms with van der Waals surface area (Å²) >= 11 is 0. The summed E-state index contributed by atoms with van der Waals surface area (Å²) in [6.45, 7) is 8.47. The van der Waals surface area contributed by atoms with E-state index in [0.717, 1.165) is 11.3 Å². The molecule has 0 fully saturated rings. The Labute approximate surface area is 165 Å². The van der Waals surface area contributed by atoms with Crippen LogP contribution in [0.2, 0.25) is 0 Å². The van der Waals surface area contributed by atoms with Crippen molar-refractivity contribution in [3.05, 3.63) is 48.0 Å². The van der Waals surface area contributed by atoms with Gasteiger partial charge in [-0.05, 0) is 51.5 Å². The minimum absolute atomic E-state index is 0.0658. The first kappa shape index (κ1) is 19.7. The molecule has 1 N–H and O–H groups in total. The lowest BCUT2D eigenvalue weighted by Crippen LogP contribution is -2.40. The molecule has 0 unspecified atom stereocenters. The van der Waals surface area contributed by atoms with Crippen molar-refractivity contribution >= 4 is 23.2 Å². The number of hydrogen-bond acceptors (Lipinski definition) is 4. The topological polar surface area (TPSA) is 67.9 Å². The first-order valence-corrected chi connectivity index (χ1v) is 9.49. The fraction of sp³-hybridized carbons (Fsp3) is 0.364. The van der Waals surface area contributed by atoms with E-state index < -0.39 is 5.41 Å². The van der Waals surface area contributed by atoms with Gasteiger partial charge < -0.3 is 19.7 Å². The minimum atomic E-state index is -0.651. The number of carbonyl (C=O) groups is 2. The molecule has 0 bridgehead atoms. The van der Waals surface area contributed by atoms with Gasteiger partial charge in [-0.3, -0.25) is 9.59 Å². The standard InChI is InChI=1S/C22H26N2O4/c1-5-27-15-11-12-19(28-6-2)17(13-15)23-20(25)14-24-18-10-8-7-9-16(18)22(3,4)21(24)26/h7-13H,5-6,14H2,1-4H3,(H,23,25). The lowest BCUT2D eigenvalue weighted by atomic mass is 9.86. The minimum Gasteiger partial charge on any atom is -0.494 e. The van der Waals surface area contributed by atoms with Gasteiger partial charge in [-0.2, -0.15) is 0 Å². The van der Waals surface area contributed by atoms with Gasteiger partial charge in [0.2, 0.25) is 11.8 Å². The Morgan fingerprint density at radius 1 is 1.07 bits per heavy atom. The molecule has 1 aliphatic rings. The van der Waals surface area contributed by atoms with Gasteiger partial charge in [0.1, 0.15) is 18.0 Å². The molecule has 0 atom stereocenters. The SMILES string of the molecule is CCOc1ccc(OCC)c(NC(=O)CN2C(=O)C(C)(C)c3ccccc32)c1. The number of rotatable bonds is 7. The van der Waals surface area contributed by atoms with Crippen LogP contribution < -0.4 is 19.7 Å². The largest absolute Gasteiger partial charge is 0.494 e. The van der Waals surface area contributed by atoms with E-state index in [1.165, 1.54) is 4.90 Å². The van der Waals surface area contributed by atoms with Crippen molar-refractivity contribution < 1.29 is 19.1 Å². The summed E-state index contributed by atoms with van der Waals surface area (Å²) in [5.74, 6) is 0.824. The Kier molecular flexibility index (Phi) is 5.58. The van der Waals surface area contributed by atoms with Crippen molar-refractivity contribution in [3.63, 3.8) is 0 Å². The number of nitrogens with zero attached hydrogens (tertiary/aromatic N) is 1. The summed E-state index contributed by atoms with van der Waals surface area (Å²) < 4.78 is 11.1. The van der Waals surface area contributed by atoms with E-state index in [-0.39, 0.29) is 18.4 Å². The number of hydrogen-bond donors (Lipinski definition) is 1. The van der Waals surface area contributed by atoms with Gasteiger partial charge in [-0.15, -0.1) is 0 Å². The highest BCUT2D eigenvalue weighted by Gasteiger charge is 2.44. The predicted molar refractivity (Wildman–Crippen MR) is 109 cm³/mol. The molecule has 2 aromatic rings. The van der Waals surface area contributed by atoms with Crippen molar-refractivity contribution in [1.29, 1.82) is 0 Å². The number of ether oxygens (including phenoxy) is 2. The highest BCUT2D eigenvalue weighted by Crippen LogP contribution is 2.41. The molecule has 1 aliphatic heterocycles. The zero-order chi connectivity index (χ0) is 20.3. The van der Waals surface area contributed by atoms with E-state index in [9.17, 15) is 9.59 Å². The van der Waals surface area contributed by atoms with Crippen LogP contribution in [0.5, 0.6) is 11.5 Å². The molecule has 0 aromatic heterocycles. The lowest BCUT2D eigenvalue weighted by Gasteiger charge is -2.20. The van der Waals surface area contributed by atoms with Crippen LogP contribution in [-0.4, -0.2) is 31.6 Å². The van der Waals surface area contributed by atoms with E-state index in [1.54, 1.807) is 18.2 Å². The third kappa shape index (κ3) is 3.67. The number of benzene rings is 2. The van der Waals surface area contributed by atoms with Crippen LogP contribution in [0.3, 0.4) is 0 Å². The summed E-state index contributed by atoms with van der Waals surface area (Å²) in [5.41, 5.74) is 1.58. The summed E-state index contributed by atoms with van der Waals surface area (Å²) in [7, 11) is 0. The molecule has 1 heterocycles. The molecular formula is C22H26N2O4. The Bertz CT molecular complexity index is 892. The van der Waals surface area contributed by atoms with Gasteiger partial charge in [-0.1, -0.05) is 18.2 Å². The maximum atomic E-state index is 12.9. The third-order valence-electron chi connectivity index (χ3n) is 4.79. The highest BCUT2D eigenvalue weighted by atomic mass is 16.5. The van der Waals surface area contributed by atoms with Crippen LogP contribution in [0.25, 0.3) is 0 Å². The molecule has 0 spiro atoms. The van der Waals surface area contributed by atoms with Crippen LogP contribution in [0.1, 0.15) is 33.3 Å². The zero-order valence-electron chi connectivity index (χ0n) is 16.7. The fourth-order valence-electron chi connectivity index (χ4n) is 3.43. The summed E-state index contributed by atoms with van der Waals surface area (Å²) in [6, 6.07) is 12.9. The van der Waals surface area contributed by atoms with Crippen molar-refractivity contribution in [2.75, 3.05) is 30.0 Å². The van der Waals surface area contributed by atoms with Crippen LogP contribution in [0.4, 0.5) is 11.4 Å². The average molecular weight is 382 g/mol. The maximum absolute atomic E-state index is 12.9. The number of anilines is 2. The average Bonchev–Trinajstić information content (AvgIpc) is 2.85. The Hall–Kier alpha value is -3.02. The van der Waals surface area contributed by atoms with E-state index in [0.29, 0.717) is 30.4 Å². The molecule has 0 saturated heterocycles. The Balaban J connectivity index is 1.81. The van der Waals surface area contributed by atoms with Gasteiger partial charge in [-0.25, -0.2) is 0 Å². The quantitative estimate of drug-likeness (QED) is 0.792. The van der Waals surface area contributed by atoms with Crippen molar-refractivity contribution in [2.45, 2.75) is 33.1 Å². The van der Waals surface area contributed by atoms with Crippen molar-refractivity contribution in [3.8, 4) is 11.5 Å². The maximum Gasteiger partial charge on any atom is 0.244 e. The predicted octanol–water partition coefficient (Wildman–Crippen LogP) is 3.75.